The van der Waals surface area contributed by atoms with Gasteiger partial charge in [-0.15, -0.1) is 0 Å². The Morgan fingerprint density at radius 2 is 1.54 bits per heavy atom. The molecule has 2 fully saturated rings. The lowest BCUT2D eigenvalue weighted by molar-refractivity contribution is -0.117. The fraction of sp³-hybridized carbons (Fsp3) is 0.458. The van der Waals surface area contributed by atoms with Crippen molar-refractivity contribution in [3.05, 3.63) is 53.6 Å². The molecule has 1 saturated carbocycles. The average molecular weight is 377 g/mol. The summed E-state index contributed by atoms with van der Waals surface area (Å²) in [6.07, 6.45) is 8.02. The summed E-state index contributed by atoms with van der Waals surface area (Å²) in [5.74, 6) is 1.94. The number of anilines is 1. The number of amides is 1. The molecule has 146 valence electrons. The quantitative estimate of drug-likeness (QED) is 0.784. The summed E-state index contributed by atoms with van der Waals surface area (Å²) in [4.78, 5) is 16.4. The third kappa shape index (κ3) is 3.53. The molecule has 0 unspecified atom stereocenters. The van der Waals surface area contributed by atoms with Gasteiger partial charge in [-0.1, -0.05) is 12.5 Å². The number of ether oxygens (including phenoxy) is 1. The zero-order chi connectivity index (χ0) is 18.9. The predicted octanol–water partition coefficient (Wildman–Crippen LogP) is 4.56. The van der Waals surface area contributed by atoms with Crippen LogP contribution in [0.25, 0.3) is 0 Å². The van der Waals surface area contributed by atoms with Gasteiger partial charge in [0.15, 0.2) is 0 Å². The highest BCUT2D eigenvalue weighted by Gasteiger charge is 2.26. The molecule has 1 amide bonds. The molecule has 1 saturated heterocycles. The molecule has 3 aliphatic rings. The highest BCUT2D eigenvalue weighted by molar-refractivity contribution is 5.95. The smallest absolute Gasteiger partial charge is 0.227 e. The lowest BCUT2D eigenvalue weighted by atomic mass is 9.91. The van der Waals surface area contributed by atoms with Crippen molar-refractivity contribution >= 4 is 11.6 Å². The molecule has 0 atom stereocenters. The molecular weight excluding hydrogens is 348 g/mol. The fourth-order valence-electron chi connectivity index (χ4n) is 4.65. The van der Waals surface area contributed by atoms with Gasteiger partial charge >= 0.3 is 0 Å². The topological polar surface area (TPSA) is 32.8 Å². The highest BCUT2D eigenvalue weighted by atomic mass is 16.5. The third-order valence-electron chi connectivity index (χ3n) is 6.56. The average Bonchev–Trinajstić information content (AvgIpc) is 2.99. The van der Waals surface area contributed by atoms with Crippen molar-refractivity contribution < 1.29 is 9.53 Å². The number of rotatable bonds is 4. The second-order valence-corrected chi connectivity index (χ2v) is 8.30. The SMILES string of the molecule is O=C1CCCN1c1ccc(Oc2ccc3c(c2)CCN(C2CCC2)CC3)cc1. The number of carbonyl (C=O) groups is 1. The Hall–Kier alpha value is -2.33. The molecule has 0 N–H and O–H groups in total. The first-order chi connectivity index (χ1) is 13.8. The van der Waals surface area contributed by atoms with E-state index in [2.05, 4.69) is 23.1 Å². The van der Waals surface area contributed by atoms with Crippen LogP contribution >= 0.6 is 0 Å². The molecule has 0 radical (unpaired) electrons. The van der Waals surface area contributed by atoms with Gasteiger partial charge in [0.2, 0.25) is 5.91 Å². The van der Waals surface area contributed by atoms with E-state index in [9.17, 15) is 4.79 Å². The van der Waals surface area contributed by atoms with Gasteiger partial charge in [-0.05, 0) is 79.6 Å². The largest absolute Gasteiger partial charge is 0.457 e. The molecule has 2 heterocycles. The summed E-state index contributed by atoms with van der Waals surface area (Å²) in [6, 6.07) is 15.3. The van der Waals surface area contributed by atoms with E-state index in [1.807, 2.05) is 29.2 Å². The summed E-state index contributed by atoms with van der Waals surface area (Å²) in [5.41, 5.74) is 3.86. The highest BCUT2D eigenvalue weighted by Crippen LogP contribution is 2.31. The molecule has 2 aromatic carbocycles. The van der Waals surface area contributed by atoms with Crippen LogP contribution in [0.2, 0.25) is 0 Å². The number of fused-ring (bicyclic) bond motifs is 1. The van der Waals surface area contributed by atoms with Crippen molar-refractivity contribution in [3.8, 4) is 11.5 Å². The minimum absolute atomic E-state index is 0.218. The van der Waals surface area contributed by atoms with Crippen LogP contribution in [0.1, 0.15) is 43.2 Å². The van der Waals surface area contributed by atoms with Gasteiger partial charge in [-0.3, -0.25) is 9.69 Å². The zero-order valence-corrected chi connectivity index (χ0v) is 16.4. The van der Waals surface area contributed by atoms with E-state index >= 15 is 0 Å². The maximum atomic E-state index is 11.9. The molecule has 0 aromatic heterocycles. The first kappa shape index (κ1) is 17.7. The minimum atomic E-state index is 0.218. The number of hydrogen-bond donors (Lipinski definition) is 0. The summed E-state index contributed by atoms with van der Waals surface area (Å²) in [6.45, 7) is 3.18. The van der Waals surface area contributed by atoms with E-state index in [1.165, 1.54) is 43.5 Å². The Morgan fingerprint density at radius 3 is 2.21 bits per heavy atom. The van der Waals surface area contributed by atoms with E-state index in [4.69, 9.17) is 4.74 Å². The Morgan fingerprint density at radius 1 is 0.786 bits per heavy atom. The van der Waals surface area contributed by atoms with Gasteiger partial charge in [-0.2, -0.15) is 0 Å². The minimum Gasteiger partial charge on any atom is -0.457 e. The monoisotopic (exact) mass is 376 g/mol. The van der Waals surface area contributed by atoms with Crippen molar-refractivity contribution in [1.82, 2.24) is 4.90 Å². The maximum Gasteiger partial charge on any atom is 0.227 e. The van der Waals surface area contributed by atoms with E-state index in [1.54, 1.807) is 0 Å². The molecule has 2 aliphatic heterocycles. The maximum absolute atomic E-state index is 11.9. The van der Waals surface area contributed by atoms with Crippen LogP contribution in [0, 0.1) is 0 Å². The molecule has 4 heteroatoms. The van der Waals surface area contributed by atoms with Crippen molar-refractivity contribution in [3.63, 3.8) is 0 Å². The van der Waals surface area contributed by atoms with Gasteiger partial charge in [-0.25, -0.2) is 0 Å². The van der Waals surface area contributed by atoms with Crippen LogP contribution in [0.4, 0.5) is 5.69 Å². The molecule has 5 rings (SSSR count). The van der Waals surface area contributed by atoms with Crippen molar-refractivity contribution in [2.75, 3.05) is 24.5 Å². The number of benzene rings is 2. The van der Waals surface area contributed by atoms with Crippen LogP contribution in [-0.2, 0) is 17.6 Å². The zero-order valence-electron chi connectivity index (χ0n) is 16.4. The van der Waals surface area contributed by atoms with Crippen LogP contribution in [0.3, 0.4) is 0 Å². The summed E-state index contributed by atoms with van der Waals surface area (Å²) < 4.78 is 6.12. The lowest BCUT2D eigenvalue weighted by Crippen LogP contribution is -2.41. The second kappa shape index (κ2) is 7.59. The van der Waals surface area contributed by atoms with Gasteiger partial charge in [0.05, 0.1) is 0 Å². The van der Waals surface area contributed by atoms with Crippen LogP contribution in [0.5, 0.6) is 11.5 Å². The molecule has 0 bridgehead atoms. The molecule has 2 aromatic rings. The van der Waals surface area contributed by atoms with Crippen LogP contribution in [-0.4, -0.2) is 36.5 Å². The van der Waals surface area contributed by atoms with Crippen molar-refractivity contribution in [2.24, 2.45) is 0 Å². The van der Waals surface area contributed by atoms with Crippen LogP contribution in [0.15, 0.2) is 42.5 Å². The van der Waals surface area contributed by atoms with Gasteiger partial charge in [0.1, 0.15) is 11.5 Å². The molecular formula is C24H28N2O2. The van der Waals surface area contributed by atoms with E-state index in [-0.39, 0.29) is 5.91 Å². The van der Waals surface area contributed by atoms with Crippen molar-refractivity contribution in [1.29, 1.82) is 0 Å². The number of carbonyl (C=O) groups excluding carboxylic acids is 1. The predicted molar refractivity (Wildman–Crippen MR) is 111 cm³/mol. The Bertz CT molecular complexity index is 857. The normalized spacial score (nSPS) is 20.6. The Kier molecular flexibility index (Phi) is 4.81. The van der Waals surface area contributed by atoms with E-state index in [0.29, 0.717) is 6.42 Å². The van der Waals surface area contributed by atoms with Crippen molar-refractivity contribution in [2.45, 2.75) is 51.0 Å². The van der Waals surface area contributed by atoms with Gasteiger partial charge in [0.25, 0.3) is 0 Å². The first-order valence-electron chi connectivity index (χ1n) is 10.7. The second-order valence-electron chi connectivity index (χ2n) is 8.30. The third-order valence-corrected chi connectivity index (χ3v) is 6.56. The number of nitrogens with zero attached hydrogens (tertiary/aromatic N) is 2. The molecule has 4 nitrogen and oxygen atoms in total. The van der Waals surface area contributed by atoms with E-state index < -0.39 is 0 Å². The molecule has 0 spiro atoms. The molecule has 28 heavy (non-hydrogen) atoms. The standard InChI is InChI=1S/C24H28N2O2/c27-24-5-2-14-26(24)21-7-10-22(11-8-21)28-23-9-6-18-12-15-25(20-3-1-4-20)16-13-19(18)17-23/h6-11,17,20H,1-5,12-16H2. The summed E-state index contributed by atoms with van der Waals surface area (Å²) >= 11 is 0. The fourth-order valence-corrected chi connectivity index (χ4v) is 4.65. The Balaban J connectivity index is 1.26. The Labute approximate surface area is 167 Å². The summed E-state index contributed by atoms with van der Waals surface area (Å²) in [5, 5.41) is 0. The lowest BCUT2D eigenvalue weighted by Gasteiger charge is -2.36. The summed E-state index contributed by atoms with van der Waals surface area (Å²) in [7, 11) is 0. The van der Waals surface area contributed by atoms with Crippen LogP contribution < -0.4 is 9.64 Å². The first-order valence-corrected chi connectivity index (χ1v) is 10.7. The van der Waals surface area contributed by atoms with E-state index in [0.717, 1.165) is 49.0 Å². The molecule has 1 aliphatic carbocycles. The van der Waals surface area contributed by atoms with Gasteiger partial charge < -0.3 is 9.64 Å². The van der Waals surface area contributed by atoms with Gasteiger partial charge in [0, 0.05) is 37.8 Å². The number of hydrogen-bond acceptors (Lipinski definition) is 3.